The van der Waals surface area contributed by atoms with Gasteiger partial charge in [0, 0.05) is 38.6 Å². The van der Waals surface area contributed by atoms with Gasteiger partial charge in [-0.05, 0) is 29.7 Å². The molecule has 1 amide bonds. The molecule has 2 unspecified atom stereocenters. The van der Waals surface area contributed by atoms with Crippen molar-refractivity contribution in [1.82, 2.24) is 20.0 Å². The Morgan fingerprint density at radius 2 is 2.00 bits per heavy atom. The molecule has 0 aliphatic carbocycles. The van der Waals surface area contributed by atoms with E-state index in [1.165, 1.54) is 5.56 Å². The zero-order valence-corrected chi connectivity index (χ0v) is 17.3. The number of nitrogens with zero attached hydrogens (tertiary/aromatic N) is 3. The number of rotatable bonds is 7. The Morgan fingerprint density at radius 1 is 1.17 bits per heavy atom. The van der Waals surface area contributed by atoms with Crippen LogP contribution in [0.2, 0.25) is 0 Å². The number of carbonyl (C=O) groups excluding carboxylic acids is 1. The van der Waals surface area contributed by atoms with Gasteiger partial charge >= 0.3 is 0 Å². The topological polar surface area (TPSA) is 59.4 Å². The molecule has 2 atom stereocenters. The van der Waals surface area contributed by atoms with Gasteiger partial charge in [0.15, 0.2) is 6.04 Å². The van der Waals surface area contributed by atoms with Crippen molar-refractivity contribution in [2.75, 3.05) is 19.7 Å². The highest BCUT2D eigenvalue weighted by Crippen LogP contribution is 2.18. The van der Waals surface area contributed by atoms with Gasteiger partial charge in [-0.2, -0.15) is 5.10 Å². The first-order valence-corrected chi connectivity index (χ1v) is 10.4. The normalized spacial score (nSPS) is 18.1. The lowest BCUT2D eigenvalue weighted by atomic mass is 10.1. The molecule has 156 valence electrons. The van der Waals surface area contributed by atoms with Crippen LogP contribution >= 0.6 is 0 Å². The van der Waals surface area contributed by atoms with E-state index in [1.54, 1.807) is 10.9 Å². The zero-order valence-electron chi connectivity index (χ0n) is 17.3. The van der Waals surface area contributed by atoms with Crippen molar-refractivity contribution in [2.45, 2.75) is 32.2 Å². The SMILES string of the molecule is CC1CN(Cc2cccc(CNC(=O)C(c3ccccc3)n3cccn3)c2)CCO1. The number of amides is 1. The van der Waals surface area contributed by atoms with Crippen LogP contribution in [0.1, 0.15) is 29.7 Å². The minimum Gasteiger partial charge on any atom is -0.376 e. The van der Waals surface area contributed by atoms with E-state index in [4.69, 9.17) is 4.74 Å². The van der Waals surface area contributed by atoms with Gasteiger partial charge in [0.05, 0.1) is 12.7 Å². The lowest BCUT2D eigenvalue weighted by Crippen LogP contribution is -2.40. The van der Waals surface area contributed by atoms with Crippen molar-refractivity contribution in [2.24, 2.45) is 0 Å². The third kappa shape index (κ3) is 5.14. The number of aromatic nitrogens is 2. The van der Waals surface area contributed by atoms with Crippen molar-refractivity contribution in [3.63, 3.8) is 0 Å². The zero-order chi connectivity index (χ0) is 20.8. The van der Waals surface area contributed by atoms with E-state index in [0.717, 1.165) is 37.4 Å². The third-order valence-corrected chi connectivity index (χ3v) is 5.34. The minimum absolute atomic E-state index is 0.0719. The fourth-order valence-electron chi connectivity index (χ4n) is 3.91. The van der Waals surface area contributed by atoms with Gasteiger partial charge in [-0.15, -0.1) is 0 Å². The van der Waals surface area contributed by atoms with Crippen LogP contribution in [0.25, 0.3) is 0 Å². The number of carbonyl (C=O) groups is 1. The Balaban J connectivity index is 1.41. The molecule has 1 aliphatic rings. The molecule has 1 N–H and O–H groups in total. The van der Waals surface area contributed by atoms with E-state index in [9.17, 15) is 4.79 Å². The van der Waals surface area contributed by atoms with E-state index in [2.05, 4.69) is 46.5 Å². The molecule has 6 heteroatoms. The summed E-state index contributed by atoms with van der Waals surface area (Å²) in [5.41, 5.74) is 3.26. The fraction of sp³-hybridized carbons (Fsp3) is 0.333. The summed E-state index contributed by atoms with van der Waals surface area (Å²) in [5.74, 6) is -0.0719. The van der Waals surface area contributed by atoms with Gasteiger partial charge in [0.1, 0.15) is 0 Å². The molecule has 1 fully saturated rings. The Morgan fingerprint density at radius 3 is 2.77 bits per heavy atom. The van der Waals surface area contributed by atoms with Gasteiger partial charge in [0.2, 0.25) is 5.91 Å². The largest absolute Gasteiger partial charge is 0.376 e. The van der Waals surface area contributed by atoms with Gasteiger partial charge in [0.25, 0.3) is 0 Å². The highest BCUT2D eigenvalue weighted by Gasteiger charge is 2.22. The van der Waals surface area contributed by atoms with Crippen LogP contribution in [0.5, 0.6) is 0 Å². The first-order valence-electron chi connectivity index (χ1n) is 10.4. The van der Waals surface area contributed by atoms with E-state index < -0.39 is 6.04 Å². The summed E-state index contributed by atoms with van der Waals surface area (Å²) in [5, 5.41) is 7.38. The first kappa shape index (κ1) is 20.3. The summed E-state index contributed by atoms with van der Waals surface area (Å²) in [6.07, 6.45) is 3.79. The van der Waals surface area contributed by atoms with Crippen molar-refractivity contribution < 1.29 is 9.53 Å². The van der Waals surface area contributed by atoms with Gasteiger partial charge in [-0.25, -0.2) is 0 Å². The van der Waals surface area contributed by atoms with Crippen molar-refractivity contribution in [3.05, 3.63) is 89.7 Å². The van der Waals surface area contributed by atoms with E-state index in [-0.39, 0.29) is 12.0 Å². The van der Waals surface area contributed by atoms with Crippen LogP contribution in [-0.4, -0.2) is 46.4 Å². The molecule has 2 aromatic carbocycles. The molecule has 4 rings (SSSR count). The van der Waals surface area contributed by atoms with Crippen LogP contribution in [-0.2, 0) is 22.6 Å². The Hall–Kier alpha value is -2.96. The second kappa shape index (κ2) is 9.69. The molecule has 1 aliphatic heterocycles. The van der Waals surface area contributed by atoms with Gasteiger partial charge in [-0.3, -0.25) is 14.4 Å². The third-order valence-electron chi connectivity index (χ3n) is 5.34. The quantitative estimate of drug-likeness (QED) is 0.658. The Kier molecular flexibility index (Phi) is 6.57. The highest BCUT2D eigenvalue weighted by molar-refractivity contribution is 5.83. The fourth-order valence-corrected chi connectivity index (χ4v) is 3.91. The summed E-state index contributed by atoms with van der Waals surface area (Å²) in [4.78, 5) is 15.5. The van der Waals surface area contributed by atoms with Crippen molar-refractivity contribution in [3.8, 4) is 0 Å². The second-order valence-corrected chi connectivity index (χ2v) is 7.75. The summed E-state index contributed by atoms with van der Waals surface area (Å²) < 4.78 is 7.32. The molecule has 1 saturated heterocycles. The summed E-state index contributed by atoms with van der Waals surface area (Å²) in [6, 6.07) is 19.5. The first-order chi connectivity index (χ1) is 14.7. The smallest absolute Gasteiger partial charge is 0.249 e. The van der Waals surface area contributed by atoms with Crippen LogP contribution in [0.3, 0.4) is 0 Å². The number of hydrogen-bond acceptors (Lipinski definition) is 4. The molecular weight excluding hydrogens is 376 g/mol. The predicted molar refractivity (Wildman–Crippen MR) is 116 cm³/mol. The van der Waals surface area contributed by atoms with Crippen molar-refractivity contribution in [1.29, 1.82) is 0 Å². The van der Waals surface area contributed by atoms with E-state index >= 15 is 0 Å². The number of ether oxygens (including phenoxy) is 1. The molecule has 0 saturated carbocycles. The maximum absolute atomic E-state index is 13.1. The van der Waals surface area contributed by atoms with Crippen LogP contribution in [0.4, 0.5) is 0 Å². The number of nitrogens with one attached hydrogen (secondary N) is 1. The maximum atomic E-state index is 13.1. The number of hydrogen-bond donors (Lipinski definition) is 1. The van der Waals surface area contributed by atoms with Crippen LogP contribution in [0, 0.1) is 0 Å². The number of morpholine rings is 1. The molecule has 1 aromatic heterocycles. The van der Waals surface area contributed by atoms with E-state index in [0.29, 0.717) is 6.54 Å². The van der Waals surface area contributed by atoms with Crippen LogP contribution in [0.15, 0.2) is 73.1 Å². The Labute approximate surface area is 177 Å². The molecule has 0 bridgehead atoms. The summed E-state index contributed by atoms with van der Waals surface area (Å²) in [7, 11) is 0. The molecular formula is C24H28N4O2. The van der Waals surface area contributed by atoms with Gasteiger partial charge < -0.3 is 10.1 Å². The number of benzene rings is 2. The van der Waals surface area contributed by atoms with Gasteiger partial charge in [-0.1, -0.05) is 54.6 Å². The lowest BCUT2D eigenvalue weighted by molar-refractivity contribution is -0.123. The average Bonchev–Trinajstić information content (AvgIpc) is 3.28. The second-order valence-electron chi connectivity index (χ2n) is 7.75. The standard InChI is InChI=1S/C24H28N4O2/c1-19-17-27(13-14-30-19)18-21-8-5-7-20(15-21)16-25-24(29)23(28-12-6-11-26-28)22-9-3-2-4-10-22/h2-12,15,19,23H,13-14,16-18H2,1H3,(H,25,29). The maximum Gasteiger partial charge on any atom is 0.249 e. The lowest BCUT2D eigenvalue weighted by Gasteiger charge is -2.31. The van der Waals surface area contributed by atoms with Crippen molar-refractivity contribution >= 4 is 5.91 Å². The van der Waals surface area contributed by atoms with E-state index in [1.807, 2.05) is 42.6 Å². The molecule has 2 heterocycles. The minimum atomic E-state index is -0.487. The molecule has 3 aromatic rings. The average molecular weight is 405 g/mol. The molecule has 0 radical (unpaired) electrons. The van der Waals surface area contributed by atoms with Crippen LogP contribution < -0.4 is 5.32 Å². The summed E-state index contributed by atoms with van der Waals surface area (Å²) >= 11 is 0. The summed E-state index contributed by atoms with van der Waals surface area (Å²) in [6.45, 7) is 6.18. The monoisotopic (exact) mass is 404 g/mol. The Bertz CT molecular complexity index is 943. The molecule has 6 nitrogen and oxygen atoms in total. The highest BCUT2D eigenvalue weighted by atomic mass is 16.5. The molecule has 0 spiro atoms. The predicted octanol–water partition coefficient (Wildman–Crippen LogP) is 3.01. The molecule has 30 heavy (non-hydrogen) atoms.